The van der Waals surface area contributed by atoms with Crippen LogP contribution in [0, 0.1) is 6.92 Å². The van der Waals surface area contributed by atoms with Gasteiger partial charge in [0.1, 0.15) is 0 Å². The van der Waals surface area contributed by atoms with Crippen molar-refractivity contribution >= 4 is 17.3 Å². The van der Waals surface area contributed by atoms with Gasteiger partial charge in [-0.1, -0.05) is 25.4 Å². The molecule has 0 aliphatic rings. The minimum absolute atomic E-state index is 0.361. The minimum Gasteiger partial charge on any atom is -0.390 e. The Bertz CT molecular complexity index is 367. The molecule has 1 rings (SSSR count). The van der Waals surface area contributed by atoms with E-state index in [0.29, 0.717) is 13.1 Å². The Hall–Kier alpha value is -0.770. The molecular formula is C14H23ClN2O. The van der Waals surface area contributed by atoms with Crippen LogP contribution in [-0.2, 0) is 0 Å². The summed E-state index contributed by atoms with van der Waals surface area (Å²) in [7, 11) is 0. The summed E-state index contributed by atoms with van der Waals surface area (Å²) >= 11 is 5.90. The maximum absolute atomic E-state index is 9.96. The molecular weight excluding hydrogens is 248 g/mol. The number of nitrogens with zero attached hydrogens (tertiary/aromatic N) is 1. The molecule has 0 amide bonds. The third-order valence-electron chi connectivity index (χ3n) is 3.08. The van der Waals surface area contributed by atoms with Crippen LogP contribution in [0.1, 0.15) is 19.4 Å². The van der Waals surface area contributed by atoms with Gasteiger partial charge in [0.25, 0.3) is 0 Å². The second-order valence-electron chi connectivity index (χ2n) is 4.48. The maximum Gasteiger partial charge on any atom is 0.0839 e. The summed E-state index contributed by atoms with van der Waals surface area (Å²) < 4.78 is 0. The van der Waals surface area contributed by atoms with E-state index in [1.54, 1.807) is 0 Å². The fourth-order valence-electron chi connectivity index (χ4n) is 1.90. The van der Waals surface area contributed by atoms with E-state index in [4.69, 9.17) is 11.6 Å². The number of likely N-dealkylation sites (N-methyl/N-ethyl adjacent to an activating group) is 1. The maximum atomic E-state index is 9.96. The van der Waals surface area contributed by atoms with Crippen LogP contribution in [0.5, 0.6) is 0 Å². The zero-order valence-corrected chi connectivity index (χ0v) is 12.2. The molecule has 0 saturated carbocycles. The molecule has 102 valence electrons. The number of hydrogen-bond donors (Lipinski definition) is 2. The van der Waals surface area contributed by atoms with Crippen LogP contribution >= 0.6 is 11.6 Å². The fraction of sp³-hybridized carbons (Fsp3) is 0.571. The molecule has 1 atom stereocenters. The van der Waals surface area contributed by atoms with E-state index >= 15 is 0 Å². The lowest BCUT2D eigenvalue weighted by Gasteiger charge is -2.22. The van der Waals surface area contributed by atoms with Gasteiger partial charge < -0.3 is 15.3 Å². The molecule has 0 spiro atoms. The largest absolute Gasteiger partial charge is 0.390 e. The van der Waals surface area contributed by atoms with Crippen molar-refractivity contribution in [3.8, 4) is 0 Å². The van der Waals surface area contributed by atoms with E-state index in [1.807, 2.05) is 25.1 Å². The smallest absolute Gasteiger partial charge is 0.0839 e. The quantitative estimate of drug-likeness (QED) is 0.800. The molecule has 2 N–H and O–H groups in total. The number of hydrogen-bond acceptors (Lipinski definition) is 3. The molecule has 0 aliphatic carbocycles. The Morgan fingerprint density at radius 1 is 1.33 bits per heavy atom. The SMILES string of the molecule is CCN(CC)CC(O)CNc1ccc(Cl)cc1C. The van der Waals surface area contributed by atoms with Crippen molar-refractivity contribution in [3.63, 3.8) is 0 Å². The highest BCUT2D eigenvalue weighted by Crippen LogP contribution is 2.19. The first-order valence-corrected chi connectivity index (χ1v) is 6.85. The van der Waals surface area contributed by atoms with Crippen molar-refractivity contribution in [3.05, 3.63) is 28.8 Å². The van der Waals surface area contributed by atoms with Crippen molar-refractivity contribution in [2.24, 2.45) is 0 Å². The van der Waals surface area contributed by atoms with Crippen molar-refractivity contribution < 1.29 is 5.11 Å². The summed E-state index contributed by atoms with van der Waals surface area (Å²) in [6, 6.07) is 5.72. The predicted molar refractivity (Wildman–Crippen MR) is 78.5 cm³/mol. The van der Waals surface area contributed by atoms with Gasteiger partial charge in [0.15, 0.2) is 0 Å². The molecule has 0 aromatic heterocycles. The highest BCUT2D eigenvalue weighted by atomic mass is 35.5. The van der Waals surface area contributed by atoms with Gasteiger partial charge in [-0.15, -0.1) is 0 Å². The van der Waals surface area contributed by atoms with Gasteiger partial charge in [0.2, 0.25) is 0 Å². The number of aliphatic hydroxyl groups excluding tert-OH is 1. The number of halogens is 1. The molecule has 1 unspecified atom stereocenters. The Morgan fingerprint density at radius 2 is 2.00 bits per heavy atom. The lowest BCUT2D eigenvalue weighted by Crippen LogP contribution is -2.36. The molecule has 3 nitrogen and oxygen atoms in total. The normalized spacial score (nSPS) is 12.8. The summed E-state index contributed by atoms with van der Waals surface area (Å²) in [6.07, 6.45) is -0.361. The highest BCUT2D eigenvalue weighted by Gasteiger charge is 2.09. The van der Waals surface area contributed by atoms with Gasteiger partial charge in [0, 0.05) is 23.8 Å². The number of rotatable bonds is 7. The minimum atomic E-state index is -0.361. The summed E-state index contributed by atoms with van der Waals surface area (Å²) in [5.41, 5.74) is 2.12. The first kappa shape index (κ1) is 15.3. The third kappa shape index (κ3) is 4.84. The molecule has 4 heteroatoms. The lowest BCUT2D eigenvalue weighted by atomic mass is 10.2. The Kier molecular flexibility index (Phi) is 6.47. The van der Waals surface area contributed by atoms with E-state index in [1.165, 1.54) is 0 Å². The number of nitrogens with one attached hydrogen (secondary N) is 1. The molecule has 0 aliphatic heterocycles. The van der Waals surface area contributed by atoms with Crippen molar-refractivity contribution in [2.45, 2.75) is 26.9 Å². The average molecular weight is 271 g/mol. The second kappa shape index (κ2) is 7.62. The number of aliphatic hydroxyl groups is 1. The zero-order valence-electron chi connectivity index (χ0n) is 11.4. The van der Waals surface area contributed by atoms with Gasteiger partial charge in [-0.25, -0.2) is 0 Å². The summed E-state index contributed by atoms with van der Waals surface area (Å²) in [6.45, 7) is 9.40. The van der Waals surface area contributed by atoms with Gasteiger partial charge in [0.05, 0.1) is 6.10 Å². The monoisotopic (exact) mass is 270 g/mol. The van der Waals surface area contributed by atoms with Crippen LogP contribution in [-0.4, -0.2) is 42.3 Å². The molecule has 0 saturated heterocycles. The number of benzene rings is 1. The second-order valence-corrected chi connectivity index (χ2v) is 4.92. The molecule has 1 aromatic carbocycles. The van der Waals surface area contributed by atoms with E-state index < -0.39 is 0 Å². The predicted octanol–water partition coefficient (Wildman–Crippen LogP) is 2.76. The van der Waals surface area contributed by atoms with Crippen LogP contribution < -0.4 is 5.32 Å². The summed E-state index contributed by atoms with van der Waals surface area (Å²) in [4.78, 5) is 2.21. The first-order chi connectivity index (χ1) is 8.56. The van der Waals surface area contributed by atoms with Crippen LogP contribution in [0.15, 0.2) is 18.2 Å². The van der Waals surface area contributed by atoms with Crippen LogP contribution in [0.4, 0.5) is 5.69 Å². The Balaban J connectivity index is 2.44. The molecule has 18 heavy (non-hydrogen) atoms. The standard InChI is InChI=1S/C14H23ClN2O/c1-4-17(5-2)10-13(18)9-16-14-7-6-12(15)8-11(14)3/h6-8,13,16,18H,4-5,9-10H2,1-3H3. The topological polar surface area (TPSA) is 35.5 Å². The third-order valence-corrected chi connectivity index (χ3v) is 3.32. The molecule has 0 radical (unpaired) electrons. The van der Waals surface area contributed by atoms with Crippen LogP contribution in [0.25, 0.3) is 0 Å². The van der Waals surface area contributed by atoms with Gasteiger partial charge in [-0.3, -0.25) is 0 Å². The van der Waals surface area contributed by atoms with E-state index in [-0.39, 0.29) is 6.10 Å². The van der Waals surface area contributed by atoms with Gasteiger partial charge in [-0.05, 0) is 43.8 Å². The average Bonchev–Trinajstić information content (AvgIpc) is 2.35. The van der Waals surface area contributed by atoms with Crippen LogP contribution in [0.2, 0.25) is 5.02 Å². The number of anilines is 1. The highest BCUT2D eigenvalue weighted by molar-refractivity contribution is 6.30. The van der Waals surface area contributed by atoms with E-state index in [2.05, 4.69) is 24.1 Å². The summed E-state index contributed by atoms with van der Waals surface area (Å²) in [5, 5.41) is 14.0. The fourth-order valence-corrected chi connectivity index (χ4v) is 2.12. The van der Waals surface area contributed by atoms with Crippen molar-refractivity contribution in [1.29, 1.82) is 0 Å². The lowest BCUT2D eigenvalue weighted by molar-refractivity contribution is 0.128. The first-order valence-electron chi connectivity index (χ1n) is 6.47. The Labute approximate surface area is 115 Å². The van der Waals surface area contributed by atoms with Gasteiger partial charge >= 0.3 is 0 Å². The zero-order chi connectivity index (χ0) is 13.5. The molecule has 0 fully saturated rings. The van der Waals surface area contributed by atoms with Crippen LogP contribution in [0.3, 0.4) is 0 Å². The summed E-state index contributed by atoms with van der Waals surface area (Å²) in [5.74, 6) is 0. The van der Waals surface area contributed by atoms with Crippen molar-refractivity contribution in [2.75, 3.05) is 31.5 Å². The Morgan fingerprint density at radius 3 is 2.56 bits per heavy atom. The van der Waals surface area contributed by atoms with Crippen molar-refractivity contribution in [1.82, 2.24) is 4.90 Å². The number of aryl methyl sites for hydroxylation is 1. The molecule has 0 heterocycles. The molecule has 0 bridgehead atoms. The van der Waals surface area contributed by atoms with E-state index in [0.717, 1.165) is 29.4 Å². The molecule has 1 aromatic rings. The van der Waals surface area contributed by atoms with Gasteiger partial charge in [-0.2, -0.15) is 0 Å². The van der Waals surface area contributed by atoms with E-state index in [9.17, 15) is 5.11 Å².